The van der Waals surface area contributed by atoms with Crippen molar-refractivity contribution in [1.29, 1.82) is 0 Å². The molecule has 0 radical (unpaired) electrons. The average Bonchev–Trinajstić information content (AvgIpc) is 3.10. The third-order valence-corrected chi connectivity index (χ3v) is 5.51. The van der Waals surface area contributed by atoms with Crippen LogP contribution in [0.2, 0.25) is 0 Å². The molecule has 3 nitrogen and oxygen atoms in total. The lowest BCUT2D eigenvalue weighted by Crippen LogP contribution is -2.18. The van der Waals surface area contributed by atoms with Gasteiger partial charge in [0, 0.05) is 17.5 Å². The molecule has 146 valence electrons. The normalized spacial score (nSPS) is 12.2. The molecule has 3 aromatic rings. The first-order valence-corrected chi connectivity index (χ1v) is 10.3. The van der Waals surface area contributed by atoms with Crippen LogP contribution in [0.1, 0.15) is 48.3 Å². The molecule has 0 spiro atoms. The predicted octanol–water partition coefficient (Wildman–Crippen LogP) is 5.81. The molecule has 28 heavy (non-hydrogen) atoms. The van der Waals surface area contributed by atoms with Crippen LogP contribution in [0.3, 0.4) is 0 Å². The largest absolute Gasteiger partial charge is 0.301 e. The Bertz CT molecular complexity index is 917. The van der Waals surface area contributed by atoms with Gasteiger partial charge < -0.3 is 5.32 Å². The van der Waals surface area contributed by atoms with Crippen molar-refractivity contribution in [1.82, 2.24) is 4.98 Å². The predicted molar refractivity (Wildman–Crippen MR) is 113 cm³/mol. The van der Waals surface area contributed by atoms with Crippen LogP contribution in [0.25, 0.3) is 0 Å². The molecular weight excluding hydrogens is 371 g/mol. The topological polar surface area (TPSA) is 42.0 Å². The number of carbonyl (C=O) groups is 1. The molecule has 0 aliphatic heterocycles. The maximum atomic E-state index is 13.0. The fourth-order valence-corrected chi connectivity index (χ4v) is 3.88. The second kappa shape index (κ2) is 9.11. The fraction of sp³-hybridized carbons (Fsp3) is 0.304. The van der Waals surface area contributed by atoms with Crippen molar-refractivity contribution >= 4 is 22.4 Å². The summed E-state index contributed by atoms with van der Waals surface area (Å²) >= 11 is 1.45. The van der Waals surface area contributed by atoms with E-state index < -0.39 is 0 Å². The number of benzene rings is 2. The smallest absolute Gasteiger partial charge is 0.233 e. The van der Waals surface area contributed by atoms with Crippen LogP contribution in [-0.4, -0.2) is 10.9 Å². The van der Waals surface area contributed by atoms with E-state index in [1.807, 2.05) is 19.1 Å². The van der Waals surface area contributed by atoms with Crippen molar-refractivity contribution in [3.05, 3.63) is 82.1 Å². The summed E-state index contributed by atoms with van der Waals surface area (Å²) in [7, 11) is 0. The number of nitrogens with one attached hydrogen (secondary N) is 1. The Hall–Kier alpha value is -2.53. The van der Waals surface area contributed by atoms with Gasteiger partial charge in [-0.2, -0.15) is 0 Å². The number of hydrogen-bond acceptors (Lipinski definition) is 3. The van der Waals surface area contributed by atoms with E-state index >= 15 is 0 Å². The second-order valence-corrected chi connectivity index (χ2v) is 8.60. The molecule has 3 rings (SSSR count). The van der Waals surface area contributed by atoms with Crippen LogP contribution in [0, 0.1) is 11.7 Å². The SMILES string of the molecule is CC(C)Cc1ccc([C@H](C)C(=O)Nc2ncc(Cc3ccc(F)cc3)s2)cc1. The zero-order chi connectivity index (χ0) is 20.1. The Labute approximate surface area is 169 Å². The van der Waals surface area contributed by atoms with Gasteiger partial charge in [0.05, 0.1) is 5.92 Å². The summed E-state index contributed by atoms with van der Waals surface area (Å²) < 4.78 is 13.0. The molecule has 1 heterocycles. The molecule has 0 fully saturated rings. The molecule has 0 bridgehead atoms. The Morgan fingerprint density at radius 2 is 1.68 bits per heavy atom. The molecule has 0 unspecified atom stereocenters. The van der Waals surface area contributed by atoms with Gasteiger partial charge in [0.15, 0.2) is 5.13 Å². The van der Waals surface area contributed by atoms with E-state index in [0.717, 1.165) is 22.4 Å². The van der Waals surface area contributed by atoms with E-state index in [1.165, 1.54) is 29.0 Å². The van der Waals surface area contributed by atoms with Gasteiger partial charge in [-0.25, -0.2) is 9.37 Å². The summed E-state index contributed by atoms with van der Waals surface area (Å²) in [6, 6.07) is 14.7. The van der Waals surface area contributed by atoms with Crippen molar-refractivity contribution in [3.8, 4) is 0 Å². The summed E-state index contributed by atoms with van der Waals surface area (Å²) in [4.78, 5) is 17.9. The Morgan fingerprint density at radius 3 is 2.32 bits per heavy atom. The quantitative estimate of drug-likeness (QED) is 0.547. The maximum absolute atomic E-state index is 13.0. The number of thiazole rings is 1. The Kier molecular flexibility index (Phi) is 6.57. The van der Waals surface area contributed by atoms with Gasteiger partial charge in [-0.15, -0.1) is 11.3 Å². The van der Waals surface area contributed by atoms with Crippen molar-refractivity contribution < 1.29 is 9.18 Å². The van der Waals surface area contributed by atoms with Crippen molar-refractivity contribution in [2.75, 3.05) is 5.32 Å². The second-order valence-electron chi connectivity index (χ2n) is 7.49. The lowest BCUT2D eigenvalue weighted by Gasteiger charge is -2.12. The van der Waals surface area contributed by atoms with Gasteiger partial charge in [-0.3, -0.25) is 4.79 Å². The minimum Gasteiger partial charge on any atom is -0.301 e. The number of amides is 1. The highest BCUT2D eigenvalue weighted by atomic mass is 32.1. The Balaban J connectivity index is 1.59. The average molecular weight is 397 g/mol. The number of carbonyl (C=O) groups excluding carboxylic acids is 1. The molecular formula is C23H25FN2OS. The van der Waals surface area contributed by atoms with Gasteiger partial charge in [0.2, 0.25) is 5.91 Å². The molecule has 1 amide bonds. The van der Waals surface area contributed by atoms with Crippen LogP contribution >= 0.6 is 11.3 Å². The molecule has 5 heteroatoms. The minimum absolute atomic E-state index is 0.0701. The monoisotopic (exact) mass is 396 g/mol. The highest BCUT2D eigenvalue weighted by Crippen LogP contribution is 2.24. The van der Waals surface area contributed by atoms with E-state index in [0.29, 0.717) is 17.5 Å². The van der Waals surface area contributed by atoms with Gasteiger partial charge in [0.25, 0.3) is 0 Å². The third-order valence-electron chi connectivity index (χ3n) is 4.59. The first kappa shape index (κ1) is 20.2. The molecule has 1 atom stereocenters. The summed E-state index contributed by atoms with van der Waals surface area (Å²) in [6.45, 7) is 6.30. The standard InChI is InChI=1S/C23H25FN2OS/c1-15(2)12-17-4-8-19(9-5-17)16(3)22(27)26-23-25-14-21(28-23)13-18-6-10-20(24)11-7-18/h4-11,14-16H,12-13H2,1-3H3,(H,25,26,27)/t16-/m0/s1. The maximum Gasteiger partial charge on any atom is 0.233 e. The first-order chi connectivity index (χ1) is 13.4. The van der Waals surface area contributed by atoms with Gasteiger partial charge >= 0.3 is 0 Å². The van der Waals surface area contributed by atoms with E-state index in [2.05, 4.69) is 36.3 Å². The zero-order valence-corrected chi connectivity index (χ0v) is 17.2. The van der Waals surface area contributed by atoms with E-state index in [1.54, 1.807) is 18.3 Å². The van der Waals surface area contributed by atoms with Crippen LogP contribution < -0.4 is 5.32 Å². The summed E-state index contributed by atoms with van der Waals surface area (Å²) in [5.41, 5.74) is 3.29. The van der Waals surface area contributed by atoms with E-state index in [4.69, 9.17) is 0 Å². The van der Waals surface area contributed by atoms with Gasteiger partial charge in [0.1, 0.15) is 5.82 Å². The van der Waals surface area contributed by atoms with Gasteiger partial charge in [-0.1, -0.05) is 50.2 Å². The number of aromatic nitrogens is 1. The van der Waals surface area contributed by atoms with Crippen LogP contribution in [0.5, 0.6) is 0 Å². The zero-order valence-electron chi connectivity index (χ0n) is 16.4. The highest BCUT2D eigenvalue weighted by molar-refractivity contribution is 7.15. The number of halogens is 1. The summed E-state index contributed by atoms with van der Waals surface area (Å²) in [6.07, 6.45) is 3.46. The summed E-state index contributed by atoms with van der Waals surface area (Å²) in [5, 5.41) is 3.50. The van der Waals surface area contributed by atoms with Crippen LogP contribution in [0.15, 0.2) is 54.7 Å². The molecule has 1 aromatic heterocycles. The molecule has 0 saturated carbocycles. The van der Waals surface area contributed by atoms with E-state index in [9.17, 15) is 9.18 Å². The lowest BCUT2D eigenvalue weighted by atomic mass is 9.96. The number of anilines is 1. The summed E-state index contributed by atoms with van der Waals surface area (Å²) in [5.74, 6) is 0.0460. The number of nitrogens with zero attached hydrogens (tertiary/aromatic N) is 1. The van der Waals surface area contributed by atoms with Crippen molar-refractivity contribution in [3.63, 3.8) is 0 Å². The minimum atomic E-state index is -0.252. The molecule has 0 aliphatic carbocycles. The molecule has 1 N–H and O–H groups in total. The van der Waals surface area contributed by atoms with Gasteiger partial charge in [-0.05, 0) is 48.1 Å². The van der Waals surface area contributed by atoms with Crippen LogP contribution in [-0.2, 0) is 17.6 Å². The molecule has 0 saturated heterocycles. The lowest BCUT2D eigenvalue weighted by molar-refractivity contribution is -0.117. The highest BCUT2D eigenvalue weighted by Gasteiger charge is 2.17. The molecule has 2 aromatic carbocycles. The van der Waals surface area contributed by atoms with Crippen molar-refractivity contribution in [2.45, 2.75) is 39.5 Å². The van der Waals surface area contributed by atoms with E-state index in [-0.39, 0.29) is 17.6 Å². The van der Waals surface area contributed by atoms with Crippen molar-refractivity contribution in [2.24, 2.45) is 5.92 Å². The van der Waals surface area contributed by atoms with Crippen LogP contribution in [0.4, 0.5) is 9.52 Å². The third kappa shape index (κ3) is 5.49. The molecule has 0 aliphatic rings. The Morgan fingerprint density at radius 1 is 1.04 bits per heavy atom. The fourth-order valence-electron chi connectivity index (χ4n) is 3.03. The first-order valence-electron chi connectivity index (χ1n) is 9.49. The number of rotatable bonds is 7. The number of hydrogen-bond donors (Lipinski definition) is 1.